The summed E-state index contributed by atoms with van der Waals surface area (Å²) in [6, 6.07) is 6.45. The van der Waals surface area contributed by atoms with Crippen LogP contribution < -0.4 is 4.74 Å². The van der Waals surface area contributed by atoms with E-state index in [9.17, 15) is 9.67 Å². The highest BCUT2D eigenvalue weighted by Gasteiger charge is 2.22. The first kappa shape index (κ1) is 13.4. The van der Waals surface area contributed by atoms with Crippen molar-refractivity contribution >= 4 is 19.0 Å². The van der Waals surface area contributed by atoms with Crippen molar-refractivity contribution < 1.29 is 18.9 Å². The second kappa shape index (κ2) is 6.14. The molecular formula is C10H14ClO4P. The van der Waals surface area contributed by atoms with Gasteiger partial charge >= 0.3 is 0 Å². The van der Waals surface area contributed by atoms with Gasteiger partial charge in [-0.25, -0.2) is 0 Å². The van der Waals surface area contributed by atoms with Gasteiger partial charge in [0.05, 0.1) is 6.61 Å². The average Bonchev–Trinajstić information content (AvgIpc) is 2.28. The van der Waals surface area contributed by atoms with Crippen LogP contribution in [0.4, 0.5) is 0 Å². The van der Waals surface area contributed by atoms with Crippen LogP contribution >= 0.6 is 19.0 Å². The quantitative estimate of drug-likeness (QED) is 0.633. The van der Waals surface area contributed by atoms with Gasteiger partial charge in [-0.3, -0.25) is 4.57 Å². The Bertz CT molecular complexity index is 383. The van der Waals surface area contributed by atoms with Crippen LogP contribution in [0.25, 0.3) is 0 Å². The number of phenols is 1. The van der Waals surface area contributed by atoms with Crippen molar-refractivity contribution in [3.05, 3.63) is 24.3 Å². The molecule has 0 aliphatic heterocycles. The molecule has 0 fully saturated rings. The molecule has 6 heteroatoms. The van der Waals surface area contributed by atoms with Crippen LogP contribution in [-0.4, -0.2) is 23.7 Å². The summed E-state index contributed by atoms with van der Waals surface area (Å²) in [7, 11) is -2.95. The van der Waals surface area contributed by atoms with Crippen molar-refractivity contribution in [3.8, 4) is 11.5 Å². The van der Waals surface area contributed by atoms with Crippen molar-refractivity contribution in [2.75, 3.05) is 18.6 Å². The normalized spacial score (nSPS) is 14.4. The third-order valence-electron chi connectivity index (χ3n) is 1.83. The Balaban J connectivity index is 2.63. The molecule has 1 rings (SSSR count). The molecule has 0 heterocycles. The molecule has 1 atom stereocenters. The summed E-state index contributed by atoms with van der Waals surface area (Å²) in [5.41, 5.74) is -0.103. The maximum absolute atomic E-state index is 11.9. The minimum Gasteiger partial charge on any atom is -0.504 e. The van der Waals surface area contributed by atoms with E-state index in [0.29, 0.717) is 6.61 Å². The lowest BCUT2D eigenvalue weighted by Crippen LogP contribution is -2.03. The number of ether oxygens (including phenoxy) is 1. The first-order chi connectivity index (χ1) is 7.61. The predicted molar refractivity (Wildman–Crippen MR) is 63.6 cm³/mol. The number of halogens is 1. The SMILES string of the molecule is CCO[P@](=O)(CCl)COc1ccccc1O. The monoisotopic (exact) mass is 264 g/mol. The molecule has 4 nitrogen and oxygen atoms in total. The molecule has 1 aromatic carbocycles. The second-order valence-electron chi connectivity index (χ2n) is 3.09. The van der Waals surface area contributed by atoms with Crippen LogP contribution in [0.15, 0.2) is 24.3 Å². The molecule has 0 unspecified atom stereocenters. The molecule has 0 amide bonds. The van der Waals surface area contributed by atoms with Gasteiger partial charge in [-0.05, 0) is 19.1 Å². The third kappa shape index (κ3) is 3.71. The van der Waals surface area contributed by atoms with E-state index in [1.165, 1.54) is 6.07 Å². The van der Waals surface area contributed by atoms with Crippen molar-refractivity contribution in [1.82, 2.24) is 0 Å². The van der Waals surface area contributed by atoms with Gasteiger partial charge in [0.1, 0.15) is 5.62 Å². The van der Waals surface area contributed by atoms with Gasteiger partial charge in [-0.15, -0.1) is 11.6 Å². The lowest BCUT2D eigenvalue weighted by Gasteiger charge is -2.16. The fourth-order valence-corrected chi connectivity index (χ4v) is 2.52. The molecule has 90 valence electrons. The van der Waals surface area contributed by atoms with E-state index >= 15 is 0 Å². The smallest absolute Gasteiger partial charge is 0.253 e. The van der Waals surface area contributed by atoms with Gasteiger partial charge in [0, 0.05) is 0 Å². The Labute approximate surface area is 99.6 Å². The molecule has 1 aromatic rings. The van der Waals surface area contributed by atoms with Gasteiger partial charge < -0.3 is 14.4 Å². The molecule has 0 spiro atoms. The highest BCUT2D eigenvalue weighted by Crippen LogP contribution is 2.48. The van der Waals surface area contributed by atoms with Crippen LogP contribution in [-0.2, 0) is 9.09 Å². The van der Waals surface area contributed by atoms with Gasteiger partial charge in [0.15, 0.2) is 17.8 Å². The summed E-state index contributed by atoms with van der Waals surface area (Å²) >= 11 is 5.56. The Morgan fingerprint density at radius 3 is 2.69 bits per heavy atom. The van der Waals surface area contributed by atoms with Crippen molar-refractivity contribution in [1.29, 1.82) is 0 Å². The predicted octanol–water partition coefficient (Wildman–Crippen LogP) is 3.24. The molecule has 16 heavy (non-hydrogen) atoms. The molecule has 0 radical (unpaired) electrons. The summed E-state index contributed by atoms with van der Waals surface area (Å²) in [6.07, 6.45) is -0.137. The largest absolute Gasteiger partial charge is 0.504 e. The van der Waals surface area contributed by atoms with Crippen LogP contribution in [0.2, 0.25) is 0 Å². The Morgan fingerprint density at radius 2 is 2.12 bits per heavy atom. The van der Waals surface area contributed by atoms with Gasteiger partial charge in [-0.1, -0.05) is 12.1 Å². The van der Waals surface area contributed by atoms with Crippen LogP contribution in [0.5, 0.6) is 11.5 Å². The minimum atomic E-state index is -2.95. The molecule has 0 aromatic heterocycles. The summed E-state index contributed by atoms with van der Waals surface area (Å²) in [5.74, 6) is 0.271. The lowest BCUT2D eigenvalue weighted by atomic mass is 10.3. The standard InChI is InChI=1S/C10H14ClO4P/c1-2-15-16(13,7-11)8-14-10-6-4-3-5-9(10)12/h3-6,12H,2,7-8H2,1H3/t16-/m1/s1. The Hall–Kier alpha value is -0.700. The highest BCUT2D eigenvalue weighted by molar-refractivity contribution is 7.60. The zero-order chi connectivity index (χ0) is 12.0. The zero-order valence-corrected chi connectivity index (χ0v) is 10.6. The fourth-order valence-electron chi connectivity index (χ4n) is 1.09. The summed E-state index contributed by atoms with van der Waals surface area (Å²) in [5, 5.41) is 9.42. The number of hydrogen-bond acceptors (Lipinski definition) is 4. The van der Waals surface area contributed by atoms with E-state index in [2.05, 4.69) is 0 Å². The van der Waals surface area contributed by atoms with Crippen molar-refractivity contribution in [2.45, 2.75) is 6.92 Å². The molecular weight excluding hydrogens is 251 g/mol. The van der Waals surface area contributed by atoms with E-state index in [4.69, 9.17) is 20.9 Å². The summed E-state index contributed by atoms with van der Waals surface area (Å²) in [6.45, 7) is 2.05. The minimum absolute atomic E-state index is 0.000112. The highest BCUT2D eigenvalue weighted by atomic mass is 35.5. The number of hydrogen-bond donors (Lipinski definition) is 1. The average molecular weight is 265 g/mol. The second-order valence-corrected chi connectivity index (χ2v) is 6.19. The first-order valence-electron chi connectivity index (χ1n) is 4.80. The van der Waals surface area contributed by atoms with Gasteiger partial charge in [0.2, 0.25) is 0 Å². The van der Waals surface area contributed by atoms with E-state index in [0.717, 1.165) is 0 Å². The summed E-state index contributed by atoms with van der Waals surface area (Å²) in [4.78, 5) is 0. The first-order valence-corrected chi connectivity index (χ1v) is 7.33. The molecule has 0 saturated heterocycles. The van der Waals surface area contributed by atoms with Crippen molar-refractivity contribution in [2.24, 2.45) is 0 Å². The number of alkyl halides is 1. The maximum atomic E-state index is 11.9. The van der Waals surface area contributed by atoms with Crippen LogP contribution in [0.3, 0.4) is 0 Å². The van der Waals surface area contributed by atoms with E-state index in [1.54, 1.807) is 25.1 Å². The molecule has 1 N–H and O–H groups in total. The third-order valence-corrected chi connectivity index (χ3v) is 4.54. The maximum Gasteiger partial charge on any atom is 0.253 e. The van der Waals surface area contributed by atoms with Gasteiger partial charge in [-0.2, -0.15) is 0 Å². The Kier molecular flexibility index (Phi) is 5.13. The molecule has 0 bridgehead atoms. The lowest BCUT2D eigenvalue weighted by molar-refractivity contribution is 0.290. The topological polar surface area (TPSA) is 55.8 Å². The molecule has 0 saturated carbocycles. The number of rotatable bonds is 6. The number of benzene rings is 1. The van der Waals surface area contributed by atoms with E-state index < -0.39 is 7.37 Å². The number of para-hydroxylation sites is 2. The number of phenolic OH excluding ortho intramolecular Hbond substituents is 1. The zero-order valence-electron chi connectivity index (χ0n) is 8.93. The molecule has 0 aliphatic carbocycles. The van der Waals surface area contributed by atoms with Gasteiger partial charge in [0.25, 0.3) is 7.37 Å². The Morgan fingerprint density at radius 1 is 1.44 bits per heavy atom. The molecule has 0 aliphatic rings. The van der Waals surface area contributed by atoms with Crippen molar-refractivity contribution in [3.63, 3.8) is 0 Å². The van der Waals surface area contributed by atoms with Crippen LogP contribution in [0.1, 0.15) is 6.92 Å². The number of aromatic hydroxyl groups is 1. The fraction of sp³-hybridized carbons (Fsp3) is 0.400. The summed E-state index contributed by atoms with van der Waals surface area (Å²) < 4.78 is 22.2. The van der Waals surface area contributed by atoms with Crippen LogP contribution in [0, 0.1) is 0 Å². The van der Waals surface area contributed by atoms with E-state index in [-0.39, 0.29) is 23.5 Å². The van der Waals surface area contributed by atoms with E-state index in [1.807, 2.05) is 0 Å².